The van der Waals surface area contributed by atoms with Crippen LogP contribution >= 0.6 is 22.7 Å². The molecule has 7 nitrogen and oxygen atoms in total. The SMILES string of the molecule is COc1ccc2nc(N3C(=O)C(O)=C(C(=O)c4sc(C)nc4C)C3c3ccc(C(C)(C)C)cc3)sc2c1. The van der Waals surface area contributed by atoms with E-state index in [-0.39, 0.29) is 11.0 Å². The van der Waals surface area contributed by atoms with E-state index in [0.717, 1.165) is 15.3 Å². The summed E-state index contributed by atoms with van der Waals surface area (Å²) in [6.45, 7) is 9.96. The Labute approximate surface area is 223 Å². The molecule has 3 heterocycles. The molecule has 2 aromatic carbocycles. The van der Waals surface area contributed by atoms with Gasteiger partial charge in [-0.05, 0) is 48.6 Å². The molecule has 37 heavy (non-hydrogen) atoms. The van der Waals surface area contributed by atoms with E-state index in [1.807, 2.05) is 43.3 Å². The van der Waals surface area contributed by atoms with E-state index in [9.17, 15) is 14.7 Å². The van der Waals surface area contributed by atoms with Gasteiger partial charge in [0.15, 0.2) is 10.9 Å². The third-order valence-electron chi connectivity index (χ3n) is 6.45. The number of carbonyl (C=O) groups excluding carboxylic acids is 2. The topological polar surface area (TPSA) is 92.6 Å². The number of thiazole rings is 2. The standard InChI is InChI=1S/C28H27N3O4S2/c1-14-25(36-15(2)29-14)23(32)21-22(16-7-9-17(10-8-16)28(3,4)5)31(26(34)24(21)33)27-30-19-12-11-18(35-6)13-20(19)37-27/h7-13,22,33H,1-6H3. The van der Waals surface area contributed by atoms with E-state index in [4.69, 9.17) is 4.74 Å². The summed E-state index contributed by atoms with van der Waals surface area (Å²) in [5, 5.41) is 12.2. The Morgan fingerprint density at radius 3 is 2.35 bits per heavy atom. The van der Waals surface area contributed by atoms with Crippen molar-refractivity contribution in [3.05, 3.63) is 80.5 Å². The Morgan fingerprint density at radius 1 is 1.05 bits per heavy atom. The normalized spacial score (nSPS) is 16.2. The number of carbonyl (C=O) groups is 2. The van der Waals surface area contributed by atoms with Crippen LogP contribution in [0, 0.1) is 13.8 Å². The number of anilines is 1. The fourth-order valence-corrected chi connectivity index (χ4v) is 6.40. The van der Waals surface area contributed by atoms with E-state index in [1.165, 1.54) is 27.6 Å². The highest BCUT2D eigenvalue weighted by atomic mass is 32.1. The molecule has 0 spiro atoms. The largest absolute Gasteiger partial charge is 0.503 e. The van der Waals surface area contributed by atoms with Crippen molar-refractivity contribution >= 4 is 49.7 Å². The number of fused-ring (bicyclic) bond motifs is 1. The van der Waals surface area contributed by atoms with E-state index in [1.54, 1.807) is 20.1 Å². The Kier molecular flexibility index (Phi) is 6.16. The first-order valence-electron chi connectivity index (χ1n) is 11.8. The number of aliphatic hydroxyl groups excluding tert-OH is 1. The number of hydrogen-bond donors (Lipinski definition) is 1. The zero-order chi connectivity index (χ0) is 26.6. The van der Waals surface area contributed by atoms with Gasteiger partial charge in [0.25, 0.3) is 5.91 Å². The molecule has 0 radical (unpaired) electrons. The highest BCUT2D eigenvalue weighted by Crippen LogP contribution is 2.45. The quantitative estimate of drug-likeness (QED) is 0.296. The number of nitrogens with zero attached hydrogens (tertiary/aromatic N) is 3. The van der Waals surface area contributed by atoms with Crippen LogP contribution in [0.5, 0.6) is 5.75 Å². The zero-order valence-corrected chi connectivity index (χ0v) is 23.1. The molecular weight excluding hydrogens is 506 g/mol. The van der Waals surface area contributed by atoms with Gasteiger partial charge in [0.1, 0.15) is 5.75 Å². The van der Waals surface area contributed by atoms with E-state index >= 15 is 0 Å². The van der Waals surface area contributed by atoms with Crippen molar-refractivity contribution in [1.29, 1.82) is 0 Å². The molecule has 1 amide bonds. The van der Waals surface area contributed by atoms with Crippen LogP contribution in [0.25, 0.3) is 10.2 Å². The number of amides is 1. The van der Waals surface area contributed by atoms with E-state index in [2.05, 4.69) is 30.7 Å². The van der Waals surface area contributed by atoms with Crippen LogP contribution in [0.4, 0.5) is 5.13 Å². The smallest absolute Gasteiger partial charge is 0.296 e. The van der Waals surface area contributed by atoms with Gasteiger partial charge in [-0.2, -0.15) is 0 Å². The van der Waals surface area contributed by atoms with Crippen molar-refractivity contribution in [2.24, 2.45) is 0 Å². The molecule has 0 saturated carbocycles. The summed E-state index contributed by atoms with van der Waals surface area (Å²) < 4.78 is 6.17. The van der Waals surface area contributed by atoms with Crippen molar-refractivity contribution in [3.8, 4) is 5.75 Å². The molecule has 0 fully saturated rings. The molecule has 1 unspecified atom stereocenters. The Balaban J connectivity index is 1.67. The van der Waals surface area contributed by atoms with Gasteiger partial charge in [0, 0.05) is 0 Å². The fraction of sp³-hybridized carbons (Fsp3) is 0.286. The first-order valence-corrected chi connectivity index (χ1v) is 13.4. The minimum atomic E-state index is -0.835. The van der Waals surface area contributed by atoms with Crippen LogP contribution in [0.1, 0.15) is 58.3 Å². The lowest BCUT2D eigenvalue weighted by Crippen LogP contribution is -2.31. The summed E-state index contributed by atoms with van der Waals surface area (Å²) in [4.78, 5) is 38.3. The first-order chi connectivity index (χ1) is 17.5. The lowest BCUT2D eigenvalue weighted by atomic mass is 9.85. The molecule has 4 aromatic rings. The summed E-state index contributed by atoms with van der Waals surface area (Å²) in [5.74, 6) is -0.933. The minimum Gasteiger partial charge on any atom is -0.503 e. The second-order valence-corrected chi connectivity index (χ2v) is 12.2. The number of aliphatic hydroxyl groups is 1. The average Bonchev–Trinajstić information content (AvgIpc) is 3.50. The number of ether oxygens (including phenoxy) is 1. The molecule has 1 N–H and O–H groups in total. The predicted molar refractivity (Wildman–Crippen MR) is 147 cm³/mol. The number of Topliss-reactive ketones (excluding diaryl/α,β-unsaturated/α-hetero) is 1. The van der Waals surface area contributed by atoms with Crippen LogP contribution in [0.15, 0.2) is 53.8 Å². The van der Waals surface area contributed by atoms with Gasteiger partial charge >= 0.3 is 0 Å². The zero-order valence-electron chi connectivity index (χ0n) is 21.4. The third kappa shape index (κ3) is 4.32. The highest BCUT2D eigenvalue weighted by Gasteiger charge is 2.46. The summed E-state index contributed by atoms with van der Waals surface area (Å²) in [6.07, 6.45) is 0. The second-order valence-electron chi connectivity index (χ2n) is 10.0. The minimum absolute atomic E-state index is 0.0390. The molecule has 0 aliphatic carbocycles. The number of benzene rings is 2. The van der Waals surface area contributed by atoms with Crippen LogP contribution in [-0.2, 0) is 10.2 Å². The molecule has 190 valence electrons. The lowest BCUT2D eigenvalue weighted by molar-refractivity contribution is -0.117. The van der Waals surface area contributed by atoms with Crippen LogP contribution < -0.4 is 9.64 Å². The molecule has 1 aliphatic rings. The van der Waals surface area contributed by atoms with Gasteiger partial charge in [-0.25, -0.2) is 9.97 Å². The Bertz CT molecular complexity index is 1580. The van der Waals surface area contributed by atoms with Gasteiger partial charge in [0.2, 0.25) is 5.78 Å². The van der Waals surface area contributed by atoms with Crippen molar-refractivity contribution in [2.45, 2.75) is 46.1 Å². The van der Waals surface area contributed by atoms with Gasteiger partial charge in [-0.1, -0.05) is 56.4 Å². The molecule has 0 bridgehead atoms. The number of ketones is 1. The summed E-state index contributed by atoms with van der Waals surface area (Å²) in [7, 11) is 1.59. The molecule has 9 heteroatoms. The first kappa shape index (κ1) is 25.1. The molecule has 1 atom stereocenters. The third-order valence-corrected chi connectivity index (χ3v) is 8.53. The number of aromatic nitrogens is 2. The predicted octanol–water partition coefficient (Wildman–Crippen LogP) is 6.46. The van der Waals surface area contributed by atoms with Gasteiger partial charge < -0.3 is 9.84 Å². The van der Waals surface area contributed by atoms with Crippen molar-refractivity contribution in [2.75, 3.05) is 12.0 Å². The number of hydrogen-bond acceptors (Lipinski definition) is 8. The molecule has 0 saturated heterocycles. The number of rotatable bonds is 5. The van der Waals surface area contributed by atoms with Gasteiger partial charge in [-0.3, -0.25) is 14.5 Å². The Hall–Kier alpha value is -3.56. The van der Waals surface area contributed by atoms with E-state index < -0.39 is 23.5 Å². The summed E-state index contributed by atoms with van der Waals surface area (Å²) >= 11 is 2.57. The van der Waals surface area contributed by atoms with Crippen molar-refractivity contribution in [1.82, 2.24) is 9.97 Å². The number of methoxy groups -OCH3 is 1. The molecular formula is C28H27N3O4S2. The number of aryl methyl sites for hydroxylation is 2. The Morgan fingerprint density at radius 2 is 1.76 bits per heavy atom. The molecule has 1 aliphatic heterocycles. The second kappa shape index (κ2) is 9.08. The van der Waals surface area contributed by atoms with Gasteiger partial charge in [-0.15, -0.1) is 11.3 Å². The van der Waals surface area contributed by atoms with E-state index in [0.29, 0.717) is 32.5 Å². The highest BCUT2D eigenvalue weighted by molar-refractivity contribution is 7.22. The maximum Gasteiger partial charge on any atom is 0.296 e. The van der Waals surface area contributed by atoms with Crippen molar-refractivity contribution < 1.29 is 19.4 Å². The molecule has 2 aromatic heterocycles. The lowest BCUT2D eigenvalue weighted by Gasteiger charge is -2.26. The summed E-state index contributed by atoms with van der Waals surface area (Å²) in [6, 6.07) is 12.5. The monoisotopic (exact) mass is 533 g/mol. The van der Waals surface area contributed by atoms with Gasteiger partial charge in [0.05, 0.1) is 44.5 Å². The van der Waals surface area contributed by atoms with Crippen LogP contribution in [0.3, 0.4) is 0 Å². The molecule has 5 rings (SSSR count). The van der Waals surface area contributed by atoms with Crippen LogP contribution in [-0.4, -0.2) is 33.9 Å². The maximum absolute atomic E-state index is 13.8. The van der Waals surface area contributed by atoms with Crippen molar-refractivity contribution in [3.63, 3.8) is 0 Å². The van der Waals surface area contributed by atoms with Crippen LogP contribution in [0.2, 0.25) is 0 Å². The fourth-order valence-electron chi connectivity index (χ4n) is 4.50. The summed E-state index contributed by atoms with van der Waals surface area (Å²) in [5.41, 5.74) is 3.08. The average molecular weight is 534 g/mol. The maximum atomic E-state index is 13.8.